The van der Waals surface area contributed by atoms with Gasteiger partial charge in [0.2, 0.25) is 0 Å². The first-order chi connectivity index (χ1) is 13.2. The van der Waals surface area contributed by atoms with E-state index in [1.165, 1.54) is 22.3 Å². The summed E-state index contributed by atoms with van der Waals surface area (Å²) in [6.07, 6.45) is 2.05. The zero-order valence-corrected chi connectivity index (χ0v) is 15.7. The summed E-state index contributed by atoms with van der Waals surface area (Å²) in [5.41, 5.74) is 5.90. The Bertz CT molecular complexity index is 922. The van der Waals surface area contributed by atoms with Crippen molar-refractivity contribution in [3.05, 3.63) is 100 Å². The van der Waals surface area contributed by atoms with Gasteiger partial charge in [-0.1, -0.05) is 72.3 Å². The van der Waals surface area contributed by atoms with E-state index in [9.17, 15) is 4.79 Å². The number of aryl methyl sites for hydroxylation is 2. The first kappa shape index (κ1) is 17.6. The number of amides is 2. The molecule has 3 aromatic rings. The summed E-state index contributed by atoms with van der Waals surface area (Å²) >= 11 is 6.13. The lowest BCUT2D eigenvalue weighted by Gasteiger charge is -2.21. The average molecular weight is 377 g/mol. The van der Waals surface area contributed by atoms with E-state index in [1.54, 1.807) is 12.1 Å². The molecule has 0 aromatic heterocycles. The van der Waals surface area contributed by atoms with Crippen molar-refractivity contribution in [3.8, 4) is 0 Å². The van der Waals surface area contributed by atoms with E-state index in [0.717, 1.165) is 12.8 Å². The van der Waals surface area contributed by atoms with Crippen molar-refractivity contribution >= 4 is 23.3 Å². The number of fused-ring (bicyclic) bond motifs is 2. The smallest absolute Gasteiger partial charge is 0.319 e. The molecular weight excluding hydrogens is 356 g/mol. The van der Waals surface area contributed by atoms with E-state index in [4.69, 9.17) is 11.6 Å². The number of rotatable bonds is 3. The first-order valence-electron chi connectivity index (χ1n) is 9.17. The molecule has 0 spiro atoms. The fourth-order valence-corrected chi connectivity index (χ4v) is 3.97. The van der Waals surface area contributed by atoms with Gasteiger partial charge in [-0.3, -0.25) is 0 Å². The predicted octanol–water partition coefficient (Wildman–Crippen LogP) is 5.39. The second-order valence-electron chi connectivity index (χ2n) is 6.77. The topological polar surface area (TPSA) is 41.1 Å². The molecule has 2 amide bonds. The van der Waals surface area contributed by atoms with E-state index in [1.807, 2.05) is 12.1 Å². The van der Waals surface area contributed by atoms with E-state index in [2.05, 4.69) is 59.2 Å². The van der Waals surface area contributed by atoms with Crippen LogP contribution in [0.2, 0.25) is 5.02 Å². The molecule has 1 aliphatic rings. The first-order valence-corrected chi connectivity index (χ1v) is 9.55. The molecule has 0 saturated carbocycles. The van der Waals surface area contributed by atoms with Crippen LogP contribution in [0, 0.1) is 0 Å². The lowest BCUT2D eigenvalue weighted by atomic mass is 9.88. The summed E-state index contributed by atoms with van der Waals surface area (Å²) < 4.78 is 0. The van der Waals surface area contributed by atoms with Crippen LogP contribution >= 0.6 is 11.6 Å². The molecule has 0 atom stereocenters. The minimum atomic E-state index is -0.248. The minimum absolute atomic E-state index is 0.136. The Balaban J connectivity index is 1.56. The fourth-order valence-electron chi connectivity index (χ4n) is 3.78. The van der Waals surface area contributed by atoms with Crippen LogP contribution in [0.5, 0.6) is 0 Å². The Kier molecular flexibility index (Phi) is 5.12. The quantitative estimate of drug-likeness (QED) is 0.632. The summed E-state index contributed by atoms with van der Waals surface area (Å²) in [6, 6.07) is 24.0. The number of urea groups is 1. The van der Waals surface area contributed by atoms with Crippen LogP contribution in [-0.2, 0) is 12.8 Å². The highest BCUT2D eigenvalue weighted by Crippen LogP contribution is 2.33. The molecule has 0 bridgehead atoms. The number of nitrogens with one attached hydrogen (secondary N) is 2. The summed E-state index contributed by atoms with van der Waals surface area (Å²) in [6.45, 7) is 0.532. The largest absolute Gasteiger partial charge is 0.337 e. The SMILES string of the molecule is O=C(NCC1c2ccccc2CCc2ccccc21)Nc1ccccc1Cl. The van der Waals surface area contributed by atoms with Crippen molar-refractivity contribution in [2.45, 2.75) is 18.8 Å². The maximum absolute atomic E-state index is 12.4. The van der Waals surface area contributed by atoms with E-state index in [0.29, 0.717) is 17.3 Å². The van der Waals surface area contributed by atoms with Gasteiger partial charge in [0, 0.05) is 12.5 Å². The standard InChI is InChI=1S/C23H21ClN2O/c24-21-11-5-6-12-22(21)26-23(27)25-15-20-18-9-3-1-7-16(18)13-14-17-8-2-4-10-19(17)20/h1-12,20H,13-15H2,(H2,25,26,27). The molecule has 0 unspecified atom stereocenters. The van der Waals surface area contributed by atoms with E-state index in [-0.39, 0.29) is 11.9 Å². The summed E-state index contributed by atoms with van der Waals surface area (Å²) in [4.78, 5) is 12.4. The highest BCUT2D eigenvalue weighted by molar-refractivity contribution is 6.33. The maximum atomic E-state index is 12.4. The van der Waals surface area contributed by atoms with Crippen molar-refractivity contribution in [1.29, 1.82) is 0 Å². The molecule has 0 radical (unpaired) electrons. The van der Waals surface area contributed by atoms with Crippen molar-refractivity contribution in [1.82, 2.24) is 5.32 Å². The number of hydrogen-bond acceptors (Lipinski definition) is 1. The zero-order chi connectivity index (χ0) is 18.6. The number of carbonyl (C=O) groups is 1. The van der Waals surface area contributed by atoms with Gasteiger partial charge in [-0.05, 0) is 47.2 Å². The molecule has 0 heterocycles. The van der Waals surface area contributed by atoms with Gasteiger partial charge in [-0.2, -0.15) is 0 Å². The Morgan fingerprint density at radius 1 is 0.852 bits per heavy atom. The van der Waals surface area contributed by atoms with Gasteiger partial charge in [0.15, 0.2) is 0 Å². The predicted molar refractivity (Wildman–Crippen MR) is 111 cm³/mol. The molecule has 3 aromatic carbocycles. The molecule has 0 saturated heterocycles. The van der Waals surface area contributed by atoms with Gasteiger partial charge in [0.1, 0.15) is 0 Å². The number of carbonyl (C=O) groups excluding carboxylic acids is 1. The number of benzene rings is 3. The number of hydrogen-bond donors (Lipinski definition) is 2. The van der Waals surface area contributed by atoms with Crippen LogP contribution in [-0.4, -0.2) is 12.6 Å². The Labute approximate surface area is 164 Å². The lowest BCUT2D eigenvalue weighted by Crippen LogP contribution is -2.33. The molecule has 136 valence electrons. The zero-order valence-electron chi connectivity index (χ0n) is 14.9. The average Bonchev–Trinajstić information content (AvgIpc) is 2.85. The van der Waals surface area contributed by atoms with Crippen molar-refractivity contribution < 1.29 is 4.79 Å². The molecular formula is C23H21ClN2O. The van der Waals surface area contributed by atoms with E-state index >= 15 is 0 Å². The molecule has 4 rings (SSSR count). The summed E-state index contributed by atoms with van der Waals surface area (Å²) in [5.74, 6) is 0.136. The second kappa shape index (κ2) is 7.85. The van der Waals surface area contributed by atoms with Crippen molar-refractivity contribution in [3.63, 3.8) is 0 Å². The van der Waals surface area contributed by atoms with Gasteiger partial charge in [0.25, 0.3) is 0 Å². The summed E-state index contributed by atoms with van der Waals surface area (Å²) in [5, 5.41) is 6.39. The van der Waals surface area contributed by atoms with Gasteiger partial charge in [0.05, 0.1) is 10.7 Å². The molecule has 27 heavy (non-hydrogen) atoms. The number of halogens is 1. The molecule has 0 fully saturated rings. The van der Waals surface area contributed by atoms with Crippen LogP contribution < -0.4 is 10.6 Å². The Hall–Kier alpha value is -2.78. The molecule has 2 N–H and O–H groups in total. The van der Waals surface area contributed by atoms with Gasteiger partial charge in [-0.25, -0.2) is 4.79 Å². The lowest BCUT2D eigenvalue weighted by molar-refractivity contribution is 0.252. The molecule has 4 heteroatoms. The minimum Gasteiger partial charge on any atom is -0.337 e. The third-order valence-electron chi connectivity index (χ3n) is 5.11. The fraction of sp³-hybridized carbons (Fsp3) is 0.174. The van der Waals surface area contributed by atoms with Crippen LogP contribution in [0.25, 0.3) is 0 Å². The van der Waals surface area contributed by atoms with Crippen molar-refractivity contribution in [2.75, 3.05) is 11.9 Å². The molecule has 1 aliphatic carbocycles. The van der Waals surface area contributed by atoms with Gasteiger partial charge < -0.3 is 10.6 Å². The number of para-hydroxylation sites is 1. The molecule has 0 aliphatic heterocycles. The van der Waals surface area contributed by atoms with Crippen LogP contribution in [0.1, 0.15) is 28.2 Å². The van der Waals surface area contributed by atoms with E-state index < -0.39 is 0 Å². The summed E-state index contributed by atoms with van der Waals surface area (Å²) in [7, 11) is 0. The van der Waals surface area contributed by atoms with Gasteiger partial charge >= 0.3 is 6.03 Å². The second-order valence-corrected chi connectivity index (χ2v) is 7.17. The Morgan fingerprint density at radius 2 is 1.41 bits per heavy atom. The normalized spacial score (nSPS) is 13.2. The van der Waals surface area contributed by atoms with Gasteiger partial charge in [-0.15, -0.1) is 0 Å². The molecule has 3 nitrogen and oxygen atoms in total. The van der Waals surface area contributed by atoms with Crippen LogP contribution in [0.3, 0.4) is 0 Å². The third-order valence-corrected chi connectivity index (χ3v) is 5.44. The highest BCUT2D eigenvalue weighted by Gasteiger charge is 2.23. The third kappa shape index (κ3) is 3.83. The monoisotopic (exact) mass is 376 g/mol. The maximum Gasteiger partial charge on any atom is 0.319 e. The van der Waals surface area contributed by atoms with Crippen LogP contribution in [0.4, 0.5) is 10.5 Å². The van der Waals surface area contributed by atoms with Crippen molar-refractivity contribution in [2.24, 2.45) is 0 Å². The number of anilines is 1. The Morgan fingerprint density at radius 3 is 2.04 bits per heavy atom. The highest BCUT2D eigenvalue weighted by atomic mass is 35.5. The van der Waals surface area contributed by atoms with Crippen LogP contribution in [0.15, 0.2) is 72.8 Å².